The number of piperidine rings is 1. The van der Waals surface area contributed by atoms with Gasteiger partial charge in [0.2, 0.25) is 5.91 Å². The Balaban J connectivity index is 0.00000141. The molecule has 0 aromatic heterocycles. The van der Waals surface area contributed by atoms with Gasteiger partial charge in [0.1, 0.15) is 12.6 Å². The van der Waals surface area contributed by atoms with Crippen LogP contribution in [0.4, 0.5) is 5.69 Å². The van der Waals surface area contributed by atoms with Gasteiger partial charge in [0.05, 0.1) is 19.8 Å². The number of nitrogens with zero attached hydrogens (tertiary/aromatic N) is 2. The summed E-state index contributed by atoms with van der Waals surface area (Å²) in [6.45, 7) is 9.48. The molecule has 1 N–H and O–H groups in total. The number of carbonyl (C=O) groups excluding carboxylic acids is 3. The third-order valence-electron chi connectivity index (χ3n) is 4.39. The van der Waals surface area contributed by atoms with Crippen molar-refractivity contribution in [3.8, 4) is 0 Å². The first-order chi connectivity index (χ1) is 14.4. The van der Waals surface area contributed by atoms with Crippen molar-refractivity contribution in [1.82, 2.24) is 10.2 Å². The first-order valence-corrected chi connectivity index (χ1v) is 18.0. The topological polar surface area (TPSA) is 89.3 Å². The van der Waals surface area contributed by atoms with E-state index in [0.29, 0.717) is 46.6 Å². The van der Waals surface area contributed by atoms with E-state index in [9.17, 15) is 14.4 Å². The van der Waals surface area contributed by atoms with Crippen LogP contribution in [0.3, 0.4) is 0 Å². The second kappa shape index (κ2) is 15.0. The molecule has 1 fully saturated rings. The van der Waals surface area contributed by atoms with E-state index >= 15 is 0 Å². The summed E-state index contributed by atoms with van der Waals surface area (Å²) in [6.07, 6.45) is 1.17. The first kappa shape index (κ1) is 27.2. The molecule has 30 heavy (non-hydrogen) atoms. The monoisotopic (exact) mass is 678 g/mol. The Labute approximate surface area is 205 Å². The minimum absolute atomic E-state index is 0.0842. The quantitative estimate of drug-likeness (QED) is 0.284. The molecular formula is C19H23I2N3O5V. The molecule has 2 rings (SSSR count). The van der Waals surface area contributed by atoms with Crippen molar-refractivity contribution in [3.63, 3.8) is 0 Å². The Morgan fingerprint density at radius 2 is 1.83 bits per heavy atom. The van der Waals surface area contributed by atoms with Crippen molar-refractivity contribution in [2.45, 2.75) is 31.9 Å². The number of ether oxygens (including phenoxy) is 2. The Kier molecular flexibility index (Phi) is 13.6. The van der Waals surface area contributed by atoms with Crippen LogP contribution in [-0.2, 0) is 28.5 Å². The minimum atomic E-state index is -0.662. The number of hydrogen-bond acceptors (Lipinski definition) is 5. The average molecular weight is 678 g/mol. The summed E-state index contributed by atoms with van der Waals surface area (Å²) < 4.78 is 10.00. The van der Waals surface area contributed by atoms with Gasteiger partial charge in [-0.3, -0.25) is 9.59 Å². The molecule has 1 aromatic carbocycles. The van der Waals surface area contributed by atoms with Crippen LogP contribution in [0.1, 0.15) is 30.1 Å². The Morgan fingerprint density at radius 1 is 1.27 bits per heavy atom. The molecule has 1 heterocycles. The van der Waals surface area contributed by atoms with E-state index in [2.05, 4.69) is 54.9 Å². The van der Waals surface area contributed by atoms with Crippen LogP contribution in [0.5, 0.6) is 0 Å². The summed E-state index contributed by atoms with van der Waals surface area (Å²) >= 11 is 4.74. The molecule has 8 nitrogen and oxygen atoms in total. The number of hydrogen-bond donors (Lipinski definition) is 1. The van der Waals surface area contributed by atoms with Crippen LogP contribution < -0.4 is 5.32 Å². The Hall–Kier alpha value is -0.876. The zero-order valence-corrected chi connectivity index (χ0v) is 22.4. The molecule has 163 valence electrons. The fourth-order valence-electron chi connectivity index (χ4n) is 2.79. The van der Waals surface area contributed by atoms with Gasteiger partial charge in [-0.15, -0.1) is 0 Å². The molecule has 0 radical (unpaired) electrons. The number of benzene rings is 1. The third kappa shape index (κ3) is 9.51. The second-order valence-electron chi connectivity index (χ2n) is 6.33. The van der Waals surface area contributed by atoms with Gasteiger partial charge in [0.15, 0.2) is 5.69 Å². The molecule has 0 spiro atoms. The van der Waals surface area contributed by atoms with Gasteiger partial charge in [-0.2, -0.15) is 0 Å². The SMILES string of the molecule is [C-]#[N+]c1ccc(C(=O)N[C@@H](C)C(=O)N2CCC(OCC(=O)OC)CC2)cc1.[I][V][I]. The van der Waals surface area contributed by atoms with Gasteiger partial charge in [-0.1, -0.05) is 24.3 Å². The summed E-state index contributed by atoms with van der Waals surface area (Å²) in [4.78, 5) is 40.9. The van der Waals surface area contributed by atoms with Gasteiger partial charge in [-0.05, 0) is 19.8 Å². The van der Waals surface area contributed by atoms with Gasteiger partial charge in [0.25, 0.3) is 5.91 Å². The fourth-order valence-corrected chi connectivity index (χ4v) is 2.79. The van der Waals surface area contributed by atoms with Gasteiger partial charge in [-0.25, -0.2) is 9.64 Å². The number of methoxy groups -OCH3 is 1. The molecule has 1 aliphatic heterocycles. The van der Waals surface area contributed by atoms with Gasteiger partial charge < -0.3 is 19.7 Å². The molecule has 2 amide bonds. The van der Waals surface area contributed by atoms with Crippen LogP contribution >= 0.6 is 40.0 Å². The maximum absolute atomic E-state index is 12.5. The Morgan fingerprint density at radius 3 is 2.33 bits per heavy atom. The zero-order chi connectivity index (χ0) is 22.5. The van der Waals surface area contributed by atoms with E-state index in [0.717, 1.165) is 0 Å². The average Bonchev–Trinajstić information content (AvgIpc) is 2.77. The molecule has 0 unspecified atom stereocenters. The van der Waals surface area contributed by atoms with E-state index in [-0.39, 0.29) is 24.5 Å². The predicted octanol–water partition coefficient (Wildman–Crippen LogP) is 3.31. The summed E-state index contributed by atoms with van der Waals surface area (Å²) in [5.74, 6) is -0.939. The van der Waals surface area contributed by atoms with E-state index in [4.69, 9.17) is 11.3 Å². The van der Waals surface area contributed by atoms with Crippen molar-refractivity contribution in [1.29, 1.82) is 0 Å². The number of likely N-dealkylation sites (tertiary alicyclic amines) is 1. The molecule has 0 aliphatic carbocycles. The van der Waals surface area contributed by atoms with Gasteiger partial charge >= 0.3 is 55.4 Å². The van der Waals surface area contributed by atoms with Crippen molar-refractivity contribution in [2.24, 2.45) is 0 Å². The van der Waals surface area contributed by atoms with Crippen molar-refractivity contribution in [2.75, 3.05) is 26.8 Å². The molecule has 11 heteroatoms. The van der Waals surface area contributed by atoms with E-state index in [1.54, 1.807) is 36.1 Å². The van der Waals surface area contributed by atoms with E-state index in [1.807, 2.05) is 0 Å². The molecule has 0 saturated carbocycles. The maximum atomic E-state index is 12.5. The fraction of sp³-hybridized carbons (Fsp3) is 0.474. The first-order valence-electron chi connectivity index (χ1n) is 9.04. The molecule has 1 atom stereocenters. The zero-order valence-electron chi connectivity index (χ0n) is 16.6. The van der Waals surface area contributed by atoms with Crippen molar-refractivity contribution >= 4 is 63.4 Å². The molecule has 1 aromatic rings. The van der Waals surface area contributed by atoms with Crippen LogP contribution in [0.25, 0.3) is 4.85 Å². The van der Waals surface area contributed by atoms with E-state index < -0.39 is 12.0 Å². The molecular weight excluding hydrogens is 655 g/mol. The number of rotatable bonds is 6. The summed E-state index contributed by atoms with van der Waals surface area (Å²) in [5.41, 5.74) is 0.852. The summed E-state index contributed by atoms with van der Waals surface area (Å²) in [7, 11) is 1.93. The van der Waals surface area contributed by atoms with E-state index in [1.165, 1.54) is 7.11 Å². The van der Waals surface area contributed by atoms with Crippen molar-refractivity contribution < 1.29 is 33.3 Å². The number of amides is 2. The number of nitrogens with one attached hydrogen (secondary N) is 1. The predicted molar refractivity (Wildman–Crippen MR) is 125 cm³/mol. The molecule has 0 bridgehead atoms. The van der Waals surface area contributed by atoms with Crippen LogP contribution in [-0.4, -0.2) is 61.6 Å². The third-order valence-corrected chi connectivity index (χ3v) is 4.39. The van der Waals surface area contributed by atoms with Crippen LogP contribution in [0, 0.1) is 6.57 Å². The summed E-state index contributed by atoms with van der Waals surface area (Å²) in [6, 6.07) is 5.58. The normalized spacial score (nSPS) is 14.4. The number of carbonyl (C=O) groups is 3. The second-order valence-corrected chi connectivity index (χ2v) is 18.1. The van der Waals surface area contributed by atoms with Crippen LogP contribution in [0.2, 0.25) is 0 Å². The Bertz CT molecular complexity index is 750. The van der Waals surface area contributed by atoms with Gasteiger partial charge in [0, 0.05) is 18.7 Å². The molecule has 1 saturated heterocycles. The number of esters is 1. The van der Waals surface area contributed by atoms with Crippen LogP contribution in [0.15, 0.2) is 24.3 Å². The standard InChI is InChI=1S/C19H23N3O5.2HI.V/c1-13(21-18(24)14-4-6-15(20-2)7-5-14)19(25)22-10-8-16(9-11-22)27-12-17(23)26-3;;;/h4-7,13,16H,8-12H2,1,3H3,(H,21,24);2*1H;/q;;;+2/p-2/t13-;;;/m0.../s1. The molecule has 1 aliphatic rings. The van der Waals surface area contributed by atoms with Crippen molar-refractivity contribution in [3.05, 3.63) is 41.2 Å². The number of halogens is 2. The summed E-state index contributed by atoms with van der Waals surface area (Å²) in [5, 5.41) is 2.69.